The summed E-state index contributed by atoms with van der Waals surface area (Å²) in [7, 11) is 0. The van der Waals surface area contributed by atoms with Crippen molar-refractivity contribution in [2.45, 2.75) is 64.1 Å². The van der Waals surface area contributed by atoms with Crippen LogP contribution in [-0.4, -0.2) is 46.4 Å². The summed E-state index contributed by atoms with van der Waals surface area (Å²) in [6, 6.07) is 0. The van der Waals surface area contributed by atoms with Crippen molar-refractivity contribution in [3.8, 4) is 0 Å². The number of carbonyl (C=O) groups excluding carboxylic acids is 3. The largest absolute Gasteiger partial charge is 0.458 e. The van der Waals surface area contributed by atoms with Crippen molar-refractivity contribution in [3.05, 3.63) is 35.5 Å². The maximum atomic E-state index is 12.6. The molecule has 1 N–H and O–H groups in total. The predicted molar refractivity (Wildman–Crippen MR) is 94.3 cm³/mol. The third-order valence-electron chi connectivity index (χ3n) is 5.68. The van der Waals surface area contributed by atoms with Gasteiger partial charge in [0.05, 0.1) is 12.3 Å². The van der Waals surface area contributed by atoms with Gasteiger partial charge in [0, 0.05) is 17.6 Å². The summed E-state index contributed by atoms with van der Waals surface area (Å²) in [6.45, 7) is 10.3. The van der Waals surface area contributed by atoms with Gasteiger partial charge in [-0.3, -0.25) is 4.79 Å². The van der Waals surface area contributed by atoms with Gasteiger partial charge in [0.25, 0.3) is 0 Å². The second kappa shape index (κ2) is 6.42. The van der Waals surface area contributed by atoms with Crippen molar-refractivity contribution in [3.63, 3.8) is 0 Å². The van der Waals surface area contributed by atoms with Crippen molar-refractivity contribution in [1.29, 1.82) is 0 Å². The molecule has 7 heteroatoms. The molecule has 3 aliphatic heterocycles. The van der Waals surface area contributed by atoms with E-state index in [-0.39, 0.29) is 24.2 Å². The Balaban J connectivity index is 2.08. The van der Waals surface area contributed by atoms with Crippen LogP contribution in [0.15, 0.2) is 35.5 Å². The Kier molecular flexibility index (Phi) is 4.64. The van der Waals surface area contributed by atoms with Crippen LogP contribution in [-0.2, 0) is 28.6 Å². The molecule has 0 unspecified atom stereocenters. The van der Waals surface area contributed by atoms with E-state index in [0.29, 0.717) is 11.1 Å². The molecule has 3 heterocycles. The van der Waals surface area contributed by atoms with Gasteiger partial charge in [-0.05, 0) is 39.3 Å². The predicted octanol–water partition coefficient (Wildman–Crippen LogP) is 1.75. The first-order valence-corrected chi connectivity index (χ1v) is 8.89. The van der Waals surface area contributed by atoms with E-state index in [9.17, 15) is 19.5 Å². The smallest absolute Gasteiger partial charge is 0.334 e. The average Bonchev–Trinajstić information content (AvgIpc) is 2.99. The maximum Gasteiger partial charge on any atom is 0.334 e. The Morgan fingerprint density at radius 3 is 2.74 bits per heavy atom. The number of aliphatic hydroxyl groups is 1. The van der Waals surface area contributed by atoms with Crippen LogP contribution in [0.3, 0.4) is 0 Å². The molecule has 0 spiro atoms. The number of esters is 2. The molecule has 0 aromatic carbocycles. The molecular weight excluding hydrogens is 352 g/mol. The van der Waals surface area contributed by atoms with E-state index in [1.165, 1.54) is 0 Å². The Morgan fingerprint density at radius 2 is 2.11 bits per heavy atom. The third-order valence-corrected chi connectivity index (χ3v) is 5.68. The summed E-state index contributed by atoms with van der Waals surface area (Å²) in [5.74, 6) is -3.88. The van der Waals surface area contributed by atoms with E-state index >= 15 is 0 Å². The highest BCUT2D eigenvalue weighted by atomic mass is 16.7. The highest BCUT2D eigenvalue weighted by molar-refractivity contribution is 5.93. The second-order valence-electron chi connectivity index (χ2n) is 7.61. The Labute approximate surface area is 157 Å². The zero-order chi connectivity index (χ0) is 20.1. The number of Topliss-reactive ketones (excluding diaryl/α,β-unsaturated/α-hetero) is 1. The molecule has 146 valence electrons. The van der Waals surface area contributed by atoms with Crippen molar-refractivity contribution in [1.82, 2.24) is 0 Å². The molecule has 0 amide bonds. The van der Waals surface area contributed by atoms with E-state index in [2.05, 4.69) is 6.58 Å². The van der Waals surface area contributed by atoms with Gasteiger partial charge in [0.15, 0.2) is 11.6 Å². The fourth-order valence-corrected chi connectivity index (χ4v) is 3.78. The summed E-state index contributed by atoms with van der Waals surface area (Å²) in [5.41, 5.74) is -0.428. The molecular formula is C20H24O7. The van der Waals surface area contributed by atoms with Crippen LogP contribution in [0, 0.1) is 5.92 Å². The molecule has 27 heavy (non-hydrogen) atoms. The van der Waals surface area contributed by atoms with Crippen molar-refractivity contribution >= 4 is 17.7 Å². The highest BCUT2D eigenvalue weighted by Crippen LogP contribution is 2.46. The van der Waals surface area contributed by atoms with Crippen LogP contribution in [0.4, 0.5) is 0 Å². The second-order valence-corrected chi connectivity index (χ2v) is 7.61. The quantitative estimate of drug-likeness (QED) is 0.445. The van der Waals surface area contributed by atoms with Crippen LogP contribution in [0.5, 0.6) is 0 Å². The molecule has 0 aromatic rings. The van der Waals surface area contributed by atoms with Gasteiger partial charge in [-0.2, -0.15) is 0 Å². The number of ether oxygens (including phenoxy) is 3. The van der Waals surface area contributed by atoms with E-state index in [4.69, 9.17) is 14.2 Å². The monoisotopic (exact) mass is 376 g/mol. The number of rotatable bonds is 2. The minimum Gasteiger partial charge on any atom is -0.458 e. The zero-order valence-electron chi connectivity index (χ0n) is 15.9. The molecule has 0 aromatic heterocycles. The standard InChI is InChI=1S/C20H24O7/c1-6-10(2)17(22)26-14-8-19(5)15(21)9-20(24,27-19)11(3)7-13-16(14)12(4)18(23)25-13/h6-7,13-14,16,24H,4,8-9H2,1-3,5H3/b10-6-,11-7-/t13-,14-,16+,19-,20+/m1/s1. The van der Waals surface area contributed by atoms with Gasteiger partial charge in [-0.15, -0.1) is 0 Å². The van der Waals surface area contributed by atoms with Gasteiger partial charge in [-0.1, -0.05) is 12.7 Å². The molecule has 5 atom stereocenters. The van der Waals surface area contributed by atoms with E-state index < -0.39 is 41.5 Å². The van der Waals surface area contributed by atoms with Gasteiger partial charge in [0.2, 0.25) is 0 Å². The normalized spacial score (nSPS) is 41.1. The number of hydrogen-bond acceptors (Lipinski definition) is 7. The minimum atomic E-state index is -1.77. The molecule has 0 aliphatic carbocycles. The summed E-state index contributed by atoms with van der Waals surface area (Å²) in [6.07, 6.45) is 1.28. The maximum absolute atomic E-state index is 12.6. The number of fused-ring (bicyclic) bond motifs is 3. The summed E-state index contributed by atoms with van der Waals surface area (Å²) in [4.78, 5) is 37.1. The van der Waals surface area contributed by atoms with Crippen molar-refractivity contribution < 1.29 is 33.7 Å². The molecule has 3 rings (SSSR count). The first kappa shape index (κ1) is 19.5. The minimum absolute atomic E-state index is 0.0190. The topological polar surface area (TPSA) is 99.1 Å². The Morgan fingerprint density at radius 1 is 1.44 bits per heavy atom. The number of carbonyl (C=O) groups is 3. The van der Waals surface area contributed by atoms with Crippen LogP contribution >= 0.6 is 0 Å². The van der Waals surface area contributed by atoms with E-state index in [1.54, 1.807) is 39.8 Å². The molecule has 0 saturated carbocycles. The Hall–Kier alpha value is -2.25. The van der Waals surface area contributed by atoms with Crippen molar-refractivity contribution in [2.75, 3.05) is 0 Å². The lowest BCUT2D eigenvalue weighted by molar-refractivity contribution is -0.202. The first-order chi connectivity index (χ1) is 12.5. The van der Waals surface area contributed by atoms with E-state index in [1.807, 2.05) is 0 Å². The summed E-state index contributed by atoms with van der Waals surface area (Å²) < 4.78 is 16.8. The molecule has 2 fully saturated rings. The lowest BCUT2D eigenvalue weighted by Gasteiger charge is -2.32. The number of ketones is 1. The van der Waals surface area contributed by atoms with Crippen LogP contribution in [0.2, 0.25) is 0 Å². The molecule has 3 aliphatic rings. The first-order valence-electron chi connectivity index (χ1n) is 8.89. The SMILES string of the molecule is C=C1C(=O)O[C@@H]2/C=C(/C)[C@]3(O)CC(=O)[C@@](C)(C[C@@H](OC(=O)/C(C)=C\C)[C@@H]12)O3. The summed E-state index contributed by atoms with van der Waals surface area (Å²) in [5, 5.41) is 10.8. The van der Waals surface area contributed by atoms with Crippen molar-refractivity contribution in [2.24, 2.45) is 5.92 Å². The lowest BCUT2D eigenvalue weighted by Crippen LogP contribution is -2.43. The lowest BCUT2D eigenvalue weighted by atomic mass is 9.81. The number of allylic oxidation sites excluding steroid dienone is 1. The van der Waals surface area contributed by atoms with Crippen LogP contribution in [0.25, 0.3) is 0 Å². The summed E-state index contributed by atoms with van der Waals surface area (Å²) >= 11 is 0. The fourth-order valence-electron chi connectivity index (χ4n) is 3.78. The van der Waals surface area contributed by atoms with Crippen LogP contribution in [0.1, 0.15) is 40.5 Å². The fraction of sp³-hybridized carbons (Fsp3) is 0.550. The third kappa shape index (κ3) is 3.15. The zero-order valence-corrected chi connectivity index (χ0v) is 15.9. The van der Waals surface area contributed by atoms with Crippen LogP contribution < -0.4 is 0 Å². The molecule has 2 saturated heterocycles. The highest BCUT2D eigenvalue weighted by Gasteiger charge is 2.58. The number of hydrogen-bond donors (Lipinski definition) is 1. The molecule has 0 radical (unpaired) electrons. The average molecular weight is 376 g/mol. The van der Waals surface area contributed by atoms with Gasteiger partial charge in [0.1, 0.15) is 17.8 Å². The van der Waals surface area contributed by atoms with Gasteiger partial charge in [-0.25, -0.2) is 9.59 Å². The Bertz CT molecular complexity index is 792. The molecule has 2 bridgehead atoms. The van der Waals surface area contributed by atoms with E-state index in [0.717, 1.165) is 0 Å². The van der Waals surface area contributed by atoms with Gasteiger partial charge < -0.3 is 19.3 Å². The van der Waals surface area contributed by atoms with Gasteiger partial charge >= 0.3 is 11.9 Å². The molecule has 7 nitrogen and oxygen atoms in total.